The molecule has 2 fully saturated rings. The van der Waals surface area contributed by atoms with Gasteiger partial charge in [0.2, 0.25) is 0 Å². The van der Waals surface area contributed by atoms with Crippen molar-refractivity contribution in [3.8, 4) is 0 Å². The Kier molecular flexibility index (Phi) is 5.66. The van der Waals surface area contributed by atoms with Crippen molar-refractivity contribution in [3.63, 3.8) is 0 Å². The van der Waals surface area contributed by atoms with Gasteiger partial charge >= 0.3 is 0 Å². The minimum absolute atomic E-state index is 0. The Morgan fingerprint density at radius 2 is 1.96 bits per heavy atom. The van der Waals surface area contributed by atoms with E-state index in [0.717, 1.165) is 43.7 Å². The highest BCUT2D eigenvalue weighted by molar-refractivity contribution is 14.0. The monoisotopic (exact) mass is 444 g/mol. The SMILES string of the molecule is CN=C(NCc1nnc2n1CCCC2)N1CCC2(CCCC2)C1.I. The number of aliphatic imine (C=N–C) groups is 1. The molecule has 0 bridgehead atoms. The van der Waals surface area contributed by atoms with E-state index in [9.17, 15) is 0 Å². The summed E-state index contributed by atoms with van der Waals surface area (Å²) in [6, 6.07) is 0. The van der Waals surface area contributed by atoms with E-state index in [1.165, 1.54) is 51.5 Å². The lowest BCUT2D eigenvalue weighted by Crippen LogP contribution is -2.41. The molecule has 7 heteroatoms. The number of aromatic nitrogens is 3. The molecular formula is C17H29IN6. The number of hydrogen-bond acceptors (Lipinski definition) is 3. The third-order valence-electron chi connectivity index (χ3n) is 5.95. The Morgan fingerprint density at radius 3 is 2.75 bits per heavy atom. The van der Waals surface area contributed by atoms with Crippen LogP contribution in [0.25, 0.3) is 0 Å². The van der Waals surface area contributed by atoms with E-state index in [2.05, 4.69) is 30.0 Å². The number of aryl methyl sites for hydroxylation is 1. The van der Waals surface area contributed by atoms with E-state index in [-0.39, 0.29) is 24.0 Å². The van der Waals surface area contributed by atoms with Gasteiger partial charge in [-0.05, 0) is 37.5 Å². The Hall–Kier alpha value is -0.860. The first-order valence-electron chi connectivity index (χ1n) is 9.16. The van der Waals surface area contributed by atoms with Crippen LogP contribution in [0.15, 0.2) is 4.99 Å². The van der Waals surface area contributed by atoms with E-state index in [1.54, 1.807) is 0 Å². The average molecular weight is 444 g/mol. The lowest BCUT2D eigenvalue weighted by molar-refractivity contribution is 0.309. The molecule has 1 aromatic heterocycles. The predicted octanol–water partition coefficient (Wildman–Crippen LogP) is 2.57. The molecule has 0 amide bonds. The molecule has 3 aliphatic rings. The van der Waals surface area contributed by atoms with Crippen molar-refractivity contribution < 1.29 is 0 Å². The third kappa shape index (κ3) is 3.41. The van der Waals surface area contributed by atoms with E-state index < -0.39 is 0 Å². The van der Waals surface area contributed by atoms with Crippen LogP contribution in [-0.4, -0.2) is 45.8 Å². The number of guanidine groups is 1. The summed E-state index contributed by atoms with van der Waals surface area (Å²) in [6.45, 7) is 4.09. The molecule has 6 nitrogen and oxygen atoms in total. The quantitative estimate of drug-likeness (QED) is 0.433. The number of hydrogen-bond donors (Lipinski definition) is 1. The minimum Gasteiger partial charge on any atom is -0.349 e. The summed E-state index contributed by atoms with van der Waals surface area (Å²) in [5.74, 6) is 3.23. The van der Waals surface area contributed by atoms with Gasteiger partial charge in [-0.1, -0.05) is 12.8 Å². The first kappa shape index (κ1) is 17.9. The van der Waals surface area contributed by atoms with Crippen LogP contribution < -0.4 is 5.32 Å². The fourth-order valence-electron chi connectivity index (χ4n) is 4.64. The fraction of sp³-hybridized carbons (Fsp3) is 0.824. The van der Waals surface area contributed by atoms with Crippen LogP contribution in [0.5, 0.6) is 0 Å². The normalized spacial score (nSPS) is 22.5. The Balaban J connectivity index is 0.00000169. The molecule has 1 aliphatic carbocycles. The molecule has 1 saturated heterocycles. The van der Waals surface area contributed by atoms with Gasteiger partial charge in [-0.25, -0.2) is 0 Å². The summed E-state index contributed by atoms with van der Waals surface area (Å²) in [5, 5.41) is 12.2. The molecule has 24 heavy (non-hydrogen) atoms. The van der Waals surface area contributed by atoms with Gasteiger partial charge in [0.25, 0.3) is 0 Å². The van der Waals surface area contributed by atoms with Gasteiger partial charge in [0.05, 0.1) is 6.54 Å². The molecule has 1 saturated carbocycles. The van der Waals surface area contributed by atoms with E-state index in [1.807, 2.05) is 7.05 Å². The van der Waals surface area contributed by atoms with Crippen molar-refractivity contribution in [2.24, 2.45) is 10.4 Å². The van der Waals surface area contributed by atoms with Crippen molar-refractivity contribution in [1.29, 1.82) is 0 Å². The molecular weight excluding hydrogens is 415 g/mol. The molecule has 0 aromatic carbocycles. The molecule has 3 heterocycles. The van der Waals surface area contributed by atoms with Gasteiger partial charge in [-0.2, -0.15) is 0 Å². The van der Waals surface area contributed by atoms with Gasteiger partial charge in [-0.3, -0.25) is 4.99 Å². The van der Waals surface area contributed by atoms with Gasteiger partial charge in [0, 0.05) is 33.1 Å². The standard InChI is InChI=1S/C17H28N6.HI/c1-18-16(22-11-9-17(13-22)7-3-4-8-17)19-12-15-21-20-14-6-2-5-10-23(14)15;/h2-13H2,1H3,(H,18,19);1H. The highest BCUT2D eigenvalue weighted by atomic mass is 127. The molecule has 1 N–H and O–H groups in total. The lowest BCUT2D eigenvalue weighted by atomic mass is 9.86. The number of likely N-dealkylation sites (tertiary alicyclic amines) is 1. The number of nitrogens with one attached hydrogen (secondary N) is 1. The van der Waals surface area contributed by atoms with Crippen LogP contribution in [0, 0.1) is 5.41 Å². The Labute approximate surface area is 161 Å². The fourth-order valence-corrected chi connectivity index (χ4v) is 4.64. The highest BCUT2D eigenvalue weighted by Gasteiger charge is 2.41. The first-order chi connectivity index (χ1) is 11.3. The topological polar surface area (TPSA) is 58.3 Å². The van der Waals surface area contributed by atoms with Crippen LogP contribution in [-0.2, 0) is 19.5 Å². The molecule has 0 atom stereocenters. The molecule has 4 rings (SSSR count). The Bertz CT molecular complexity index is 590. The maximum absolute atomic E-state index is 4.51. The molecule has 2 aliphatic heterocycles. The van der Waals surface area contributed by atoms with Crippen LogP contribution in [0.3, 0.4) is 0 Å². The van der Waals surface area contributed by atoms with Gasteiger partial charge in [0.15, 0.2) is 11.8 Å². The predicted molar refractivity (Wildman–Crippen MR) is 106 cm³/mol. The first-order valence-corrected chi connectivity index (χ1v) is 9.16. The summed E-state index contributed by atoms with van der Waals surface area (Å²) in [7, 11) is 1.89. The second kappa shape index (κ2) is 7.58. The van der Waals surface area contributed by atoms with Crippen LogP contribution in [0.1, 0.15) is 56.6 Å². The second-order valence-corrected chi connectivity index (χ2v) is 7.42. The number of halogens is 1. The maximum Gasteiger partial charge on any atom is 0.194 e. The van der Waals surface area contributed by atoms with Crippen LogP contribution >= 0.6 is 24.0 Å². The molecule has 134 valence electrons. The summed E-state index contributed by atoms with van der Waals surface area (Å²) in [5.41, 5.74) is 0.575. The Morgan fingerprint density at radius 1 is 1.12 bits per heavy atom. The van der Waals surface area contributed by atoms with Gasteiger partial charge in [0.1, 0.15) is 5.82 Å². The molecule has 1 spiro atoms. The van der Waals surface area contributed by atoms with Gasteiger partial charge in [-0.15, -0.1) is 34.2 Å². The van der Waals surface area contributed by atoms with Crippen LogP contribution in [0.4, 0.5) is 0 Å². The zero-order valence-electron chi connectivity index (χ0n) is 14.6. The van der Waals surface area contributed by atoms with Crippen molar-refractivity contribution in [2.75, 3.05) is 20.1 Å². The van der Waals surface area contributed by atoms with Gasteiger partial charge < -0.3 is 14.8 Å². The minimum atomic E-state index is 0. The molecule has 0 radical (unpaired) electrons. The van der Waals surface area contributed by atoms with Crippen molar-refractivity contribution in [1.82, 2.24) is 25.0 Å². The maximum atomic E-state index is 4.51. The smallest absolute Gasteiger partial charge is 0.194 e. The lowest BCUT2D eigenvalue weighted by Gasteiger charge is -2.26. The number of rotatable bonds is 2. The highest BCUT2D eigenvalue weighted by Crippen LogP contribution is 2.45. The zero-order valence-corrected chi connectivity index (χ0v) is 17.0. The number of nitrogens with zero attached hydrogens (tertiary/aromatic N) is 5. The largest absolute Gasteiger partial charge is 0.349 e. The summed E-state index contributed by atoms with van der Waals surface area (Å²) in [6.07, 6.45) is 10.5. The van der Waals surface area contributed by atoms with Crippen molar-refractivity contribution in [3.05, 3.63) is 11.6 Å². The van der Waals surface area contributed by atoms with Crippen molar-refractivity contribution in [2.45, 2.75) is 64.5 Å². The summed E-state index contributed by atoms with van der Waals surface area (Å²) >= 11 is 0. The average Bonchev–Trinajstić information content (AvgIpc) is 3.30. The van der Waals surface area contributed by atoms with Crippen molar-refractivity contribution >= 4 is 29.9 Å². The summed E-state index contributed by atoms with van der Waals surface area (Å²) < 4.78 is 2.28. The van der Waals surface area contributed by atoms with Crippen LogP contribution in [0.2, 0.25) is 0 Å². The summed E-state index contributed by atoms with van der Waals surface area (Å²) in [4.78, 5) is 6.95. The zero-order chi connectivity index (χ0) is 15.7. The molecule has 1 aromatic rings. The van der Waals surface area contributed by atoms with E-state index >= 15 is 0 Å². The van der Waals surface area contributed by atoms with E-state index in [4.69, 9.17) is 0 Å². The number of fused-ring (bicyclic) bond motifs is 1. The third-order valence-corrected chi connectivity index (χ3v) is 5.95. The molecule has 0 unspecified atom stereocenters. The second-order valence-electron chi connectivity index (χ2n) is 7.42. The van der Waals surface area contributed by atoms with E-state index in [0.29, 0.717) is 5.41 Å².